The lowest BCUT2D eigenvalue weighted by atomic mass is 10.0. The Kier molecular flexibility index (Phi) is 3.02. The van der Waals surface area contributed by atoms with E-state index < -0.39 is 0 Å². The van der Waals surface area contributed by atoms with Crippen LogP contribution in [0.3, 0.4) is 0 Å². The molecule has 2 aliphatic rings. The van der Waals surface area contributed by atoms with Crippen LogP contribution in [0.25, 0.3) is 5.69 Å². The maximum Gasteiger partial charge on any atom is 0.0707 e. The molecule has 1 aromatic heterocycles. The molecule has 0 unspecified atom stereocenters. The van der Waals surface area contributed by atoms with Crippen molar-refractivity contribution in [2.24, 2.45) is 0 Å². The molecule has 5 heteroatoms. The number of halogens is 2. The van der Waals surface area contributed by atoms with E-state index in [0.717, 1.165) is 25.2 Å². The second kappa shape index (κ2) is 4.76. The molecule has 0 bridgehead atoms. The van der Waals surface area contributed by atoms with E-state index in [2.05, 4.69) is 5.32 Å². The van der Waals surface area contributed by atoms with Gasteiger partial charge in [0.15, 0.2) is 0 Å². The smallest absolute Gasteiger partial charge is 0.0707 e. The summed E-state index contributed by atoms with van der Waals surface area (Å²) in [6.45, 7) is 1.92. The molecule has 4 rings (SSSR count). The van der Waals surface area contributed by atoms with Crippen molar-refractivity contribution in [2.45, 2.75) is 31.7 Å². The number of fused-ring (bicyclic) bond motifs is 1. The molecule has 0 amide bonds. The number of hydrogen-bond donors (Lipinski definition) is 1. The zero-order valence-electron chi connectivity index (χ0n) is 11.0. The Balaban J connectivity index is 1.88. The van der Waals surface area contributed by atoms with E-state index in [4.69, 9.17) is 28.3 Å². The fourth-order valence-corrected chi connectivity index (χ4v) is 3.45. The normalized spacial score (nSPS) is 18.1. The summed E-state index contributed by atoms with van der Waals surface area (Å²) >= 11 is 12.3. The number of rotatable bonds is 2. The summed E-state index contributed by atoms with van der Waals surface area (Å²) in [6.07, 6.45) is 3.53. The summed E-state index contributed by atoms with van der Waals surface area (Å²) in [5.41, 5.74) is 4.93. The number of nitrogens with one attached hydrogen (secondary N) is 1. The molecule has 1 aliphatic heterocycles. The van der Waals surface area contributed by atoms with Crippen LogP contribution in [0, 0.1) is 0 Å². The molecule has 0 saturated heterocycles. The molecular weight excluding hydrogens is 293 g/mol. The fourth-order valence-electron chi connectivity index (χ4n) is 2.93. The summed E-state index contributed by atoms with van der Waals surface area (Å²) < 4.78 is 2.04. The van der Waals surface area contributed by atoms with E-state index >= 15 is 0 Å². The van der Waals surface area contributed by atoms with Crippen molar-refractivity contribution in [3.05, 3.63) is 45.2 Å². The predicted molar refractivity (Wildman–Crippen MR) is 81.0 cm³/mol. The Labute approximate surface area is 127 Å². The second-order valence-electron chi connectivity index (χ2n) is 5.55. The van der Waals surface area contributed by atoms with Crippen LogP contribution in [0.1, 0.15) is 35.7 Å². The maximum atomic E-state index is 6.13. The molecule has 3 nitrogen and oxygen atoms in total. The van der Waals surface area contributed by atoms with Gasteiger partial charge in [-0.25, -0.2) is 4.68 Å². The van der Waals surface area contributed by atoms with E-state index in [-0.39, 0.29) is 0 Å². The van der Waals surface area contributed by atoms with Gasteiger partial charge in [-0.15, -0.1) is 0 Å². The lowest BCUT2D eigenvalue weighted by Gasteiger charge is -2.16. The van der Waals surface area contributed by atoms with Gasteiger partial charge in [0.05, 0.1) is 17.1 Å². The third-order valence-corrected chi connectivity index (χ3v) is 4.45. The molecule has 0 spiro atoms. The second-order valence-corrected chi connectivity index (χ2v) is 6.42. The third kappa shape index (κ3) is 2.14. The first-order chi connectivity index (χ1) is 9.72. The molecular formula is C15H15Cl2N3. The molecule has 0 radical (unpaired) electrons. The van der Waals surface area contributed by atoms with E-state index in [1.165, 1.54) is 29.8 Å². The number of nitrogens with zero attached hydrogens (tertiary/aromatic N) is 2. The van der Waals surface area contributed by atoms with Gasteiger partial charge in [-0.05, 0) is 31.0 Å². The van der Waals surface area contributed by atoms with Crippen LogP contribution in [-0.2, 0) is 13.0 Å². The van der Waals surface area contributed by atoms with Crippen LogP contribution in [0.4, 0.5) is 0 Å². The van der Waals surface area contributed by atoms with Gasteiger partial charge in [-0.1, -0.05) is 23.2 Å². The number of benzene rings is 1. The van der Waals surface area contributed by atoms with Gasteiger partial charge in [0.2, 0.25) is 0 Å². The van der Waals surface area contributed by atoms with Crippen LogP contribution in [0.5, 0.6) is 0 Å². The van der Waals surface area contributed by atoms with Crippen LogP contribution >= 0.6 is 23.2 Å². The minimum absolute atomic E-state index is 0.652. The van der Waals surface area contributed by atoms with Gasteiger partial charge < -0.3 is 5.32 Å². The van der Waals surface area contributed by atoms with Gasteiger partial charge in [0, 0.05) is 41.0 Å². The first-order valence-electron chi connectivity index (χ1n) is 7.00. The van der Waals surface area contributed by atoms with Crippen LogP contribution < -0.4 is 5.32 Å². The van der Waals surface area contributed by atoms with Crippen LogP contribution in [0.2, 0.25) is 10.0 Å². The van der Waals surface area contributed by atoms with Gasteiger partial charge in [0.1, 0.15) is 0 Å². The predicted octanol–water partition coefficient (Wildman–Crippen LogP) is 3.70. The minimum atomic E-state index is 0.652. The highest BCUT2D eigenvalue weighted by molar-refractivity contribution is 6.34. The SMILES string of the molecule is Clc1cc(Cl)cc(-n2nc(C3CC3)c3c2CCNC3)c1. The minimum Gasteiger partial charge on any atom is -0.312 e. The molecule has 1 aliphatic carbocycles. The highest BCUT2D eigenvalue weighted by Crippen LogP contribution is 2.42. The van der Waals surface area contributed by atoms with Crippen LogP contribution in [-0.4, -0.2) is 16.3 Å². The Morgan fingerprint density at radius 2 is 1.90 bits per heavy atom. The first-order valence-corrected chi connectivity index (χ1v) is 7.76. The van der Waals surface area contributed by atoms with E-state index in [1.807, 2.05) is 16.8 Å². The van der Waals surface area contributed by atoms with Crippen molar-refractivity contribution < 1.29 is 0 Å². The van der Waals surface area contributed by atoms with E-state index in [0.29, 0.717) is 16.0 Å². The molecule has 1 N–H and O–H groups in total. The zero-order valence-corrected chi connectivity index (χ0v) is 12.5. The summed E-state index contributed by atoms with van der Waals surface area (Å²) in [6, 6.07) is 5.62. The highest BCUT2D eigenvalue weighted by Gasteiger charge is 2.32. The summed E-state index contributed by atoms with van der Waals surface area (Å²) in [4.78, 5) is 0. The van der Waals surface area contributed by atoms with Gasteiger partial charge in [-0.3, -0.25) is 0 Å². The lowest BCUT2D eigenvalue weighted by molar-refractivity contribution is 0.621. The zero-order chi connectivity index (χ0) is 13.7. The number of aromatic nitrogens is 2. The topological polar surface area (TPSA) is 29.9 Å². The average molecular weight is 308 g/mol. The molecule has 2 aromatic rings. The first kappa shape index (κ1) is 12.7. The Bertz CT molecular complexity index is 654. The van der Waals surface area contributed by atoms with E-state index in [1.54, 1.807) is 6.07 Å². The summed E-state index contributed by atoms with van der Waals surface area (Å²) in [5, 5.41) is 9.61. The van der Waals surface area contributed by atoms with Crippen LogP contribution in [0.15, 0.2) is 18.2 Å². The largest absolute Gasteiger partial charge is 0.312 e. The average Bonchev–Trinajstić information content (AvgIpc) is 3.18. The summed E-state index contributed by atoms with van der Waals surface area (Å²) in [7, 11) is 0. The maximum absolute atomic E-state index is 6.13. The Morgan fingerprint density at radius 3 is 2.60 bits per heavy atom. The van der Waals surface area contributed by atoms with Gasteiger partial charge in [0.25, 0.3) is 0 Å². The van der Waals surface area contributed by atoms with Crippen molar-refractivity contribution in [3.63, 3.8) is 0 Å². The van der Waals surface area contributed by atoms with Crippen molar-refractivity contribution >= 4 is 23.2 Å². The molecule has 20 heavy (non-hydrogen) atoms. The molecule has 104 valence electrons. The number of hydrogen-bond acceptors (Lipinski definition) is 2. The molecule has 1 aromatic carbocycles. The fraction of sp³-hybridized carbons (Fsp3) is 0.400. The van der Waals surface area contributed by atoms with Gasteiger partial charge >= 0.3 is 0 Å². The highest BCUT2D eigenvalue weighted by atomic mass is 35.5. The van der Waals surface area contributed by atoms with Crippen molar-refractivity contribution in [3.8, 4) is 5.69 Å². The third-order valence-electron chi connectivity index (χ3n) is 4.02. The van der Waals surface area contributed by atoms with Crippen molar-refractivity contribution in [1.29, 1.82) is 0 Å². The molecule has 2 heterocycles. The molecule has 1 saturated carbocycles. The van der Waals surface area contributed by atoms with Crippen molar-refractivity contribution in [2.75, 3.05) is 6.54 Å². The Morgan fingerprint density at radius 1 is 1.15 bits per heavy atom. The van der Waals surface area contributed by atoms with E-state index in [9.17, 15) is 0 Å². The summed E-state index contributed by atoms with van der Waals surface area (Å²) in [5.74, 6) is 0.652. The molecule has 1 fully saturated rings. The van der Waals surface area contributed by atoms with Crippen molar-refractivity contribution in [1.82, 2.24) is 15.1 Å². The standard InChI is InChI=1S/C15H15Cl2N3/c16-10-5-11(17)7-12(6-10)20-14-3-4-18-8-13(14)15(19-20)9-1-2-9/h5-7,9,18H,1-4,8H2. The van der Waals surface area contributed by atoms with Gasteiger partial charge in [-0.2, -0.15) is 5.10 Å². The monoisotopic (exact) mass is 307 g/mol. The Hall–Kier alpha value is -1.03. The molecule has 0 atom stereocenters. The lowest BCUT2D eigenvalue weighted by Crippen LogP contribution is -2.24. The quantitative estimate of drug-likeness (QED) is 0.917.